The molecule has 5 nitrogen and oxygen atoms in total. The molecule has 5 rings (SSSR count). The lowest BCUT2D eigenvalue weighted by Gasteiger charge is -2.10. The van der Waals surface area contributed by atoms with Gasteiger partial charge in [-0.15, -0.1) is 11.3 Å². The molecular weight excluding hydrogens is 402 g/mol. The van der Waals surface area contributed by atoms with E-state index in [1.807, 2.05) is 24.5 Å². The molecule has 1 aromatic carbocycles. The second kappa shape index (κ2) is 8.70. The van der Waals surface area contributed by atoms with Gasteiger partial charge in [0.2, 0.25) is 0 Å². The summed E-state index contributed by atoms with van der Waals surface area (Å²) in [5, 5.41) is 5.74. The minimum absolute atomic E-state index is 0.714. The van der Waals surface area contributed by atoms with Gasteiger partial charge >= 0.3 is 0 Å². The third kappa shape index (κ3) is 4.20. The topological polar surface area (TPSA) is 66.5 Å². The number of nitrogens with zero attached hydrogens (tertiary/aromatic N) is 3. The number of H-pyrrole nitrogens is 1. The van der Waals surface area contributed by atoms with Crippen LogP contribution in [0.2, 0.25) is 0 Å². The number of nitrogens with one attached hydrogen (secondary N) is 2. The van der Waals surface area contributed by atoms with Crippen molar-refractivity contribution in [1.82, 2.24) is 19.9 Å². The second-order valence-electron chi connectivity index (χ2n) is 7.58. The Kier molecular flexibility index (Phi) is 5.46. The summed E-state index contributed by atoms with van der Waals surface area (Å²) >= 11 is 1.69. The molecule has 0 spiro atoms. The summed E-state index contributed by atoms with van der Waals surface area (Å²) in [5.41, 5.74) is 6.88. The zero-order chi connectivity index (χ0) is 21.0. The van der Waals surface area contributed by atoms with Crippen molar-refractivity contribution in [1.29, 1.82) is 0 Å². The lowest BCUT2D eigenvalue weighted by atomic mass is 10.1. The molecule has 154 valence electrons. The van der Waals surface area contributed by atoms with Gasteiger partial charge in [0.1, 0.15) is 5.82 Å². The van der Waals surface area contributed by atoms with Crippen molar-refractivity contribution < 1.29 is 0 Å². The van der Waals surface area contributed by atoms with Gasteiger partial charge in [0.05, 0.1) is 10.2 Å². The van der Waals surface area contributed by atoms with Gasteiger partial charge in [-0.2, -0.15) is 0 Å². The number of hydrogen-bond acceptors (Lipinski definition) is 5. The van der Waals surface area contributed by atoms with Crippen LogP contribution in [0.25, 0.3) is 32.7 Å². The van der Waals surface area contributed by atoms with Crippen LogP contribution >= 0.6 is 11.3 Å². The van der Waals surface area contributed by atoms with E-state index in [-0.39, 0.29) is 0 Å². The first-order valence-corrected chi connectivity index (χ1v) is 11.3. The van der Waals surface area contributed by atoms with Gasteiger partial charge in [0.15, 0.2) is 5.82 Å². The Morgan fingerprint density at radius 1 is 1.03 bits per heavy atom. The highest BCUT2D eigenvalue weighted by Crippen LogP contribution is 2.37. The quantitative estimate of drug-likeness (QED) is 0.309. The van der Waals surface area contributed by atoms with Crippen LogP contribution in [0.15, 0.2) is 72.6 Å². The maximum atomic E-state index is 4.93. The molecule has 0 atom stereocenters. The first-order chi connectivity index (χ1) is 15.3. The molecule has 0 aliphatic heterocycles. The van der Waals surface area contributed by atoms with E-state index in [2.05, 4.69) is 57.9 Å². The molecule has 4 heterocycles. The van der Waals surface area contributed by atoms with Crippen LogP contribution in [-0.4, -0.2) is 26.5 Å². The van der Waals surface area contributed by atoms with Crippen molar-refractivity contribution in [3.8, 4) is 22.5 Å². The summed E-state index contributed by atoms with van der Waals surface area (Å²) in [6.45, 7) is 2.99. The van der Waals surface area contributed by atoms with Crippen LogP contribution in [0.4, 0.5) is 5.82 Å². The minimum Gasteiger partial charge on any atom is -0.369 e. The second-order valence-corrected chi connectivity index (χ2v) is 8.46. The van der Waals surface area contributed by atoms with E-state index in [9.17, 15) is 0 Å². The Bertz CT molecular complexity index is 1290. The zero-order valence-electron chi connectivity index (χ0n) is 17.3. The molecular formula is C25H23N5S. The van der Waals surface area contributed by atoms with Crippen molar-refractivity contribution in [2.24, 2.45) is 0 Å². The fourth-order valence-electron chi connectivity index (χ4n) is 3.73. The number of aromatic nitrogens is 4. The van der Waals surface area contributed by atoms with Gasteiger partial charge in [-0.1, -0.05) is 29.8 Å². The fourth-order valence-corrected chi connectivity index (χ4v) is 4.71. The van der Waals surface area contributed by atoms with Gasteiger partial charge in [0, 0.05) is 53.4 Å². The van der Waals surface area contributed by atoms with E-state index in [0.717, 1.165) is 52.1 Å². The Labute approximate surface area is 185 Å². The monoisotopic (exact) mass is 425 g/mol. The summed E-state index contributed by atoms with van der Waals surface area (Å²) in [5.74, 6) is 1.61. The molecule has 4 aromatic heterocycles. The van der Waals surface area contributed by atoms with Crippen LogP contribution in [0.5, 0.6) is 0 Å². The average molecular weight is 426 g/mol. The molecule has 0 bridgehead atoms. The van der Waals surface area contributed by atoms with Gasteiger partial charge in [-0.3, -0.25) is 4.98 Å². The van der Waals surface area contributed by atoms with Crippen LogP contribution in [0.1, 0.15) is 17.5 Å². The van der Waals surface area contributed by atoms with Crippen LogP contribution in [0, 0.1) is 6.92 Å². The van der Waals surface area contributed by atoms with E-state index >= 15 is 0 Å². The molecule has 0 fully saturated rings. The summed E-state index contributed by atoms with van der Waals surface area (Å²) in [6, 6.07) is 14.7. The molecule has 0 amide bonds. The minimum atomic E-state index is 0.714. The SMILES string of the molecule is Cc1cccc(CCCNc2nc(-c3ccncc3)nc3c(-c4cc[nH]c4)csc23)c1. The summed E-state index contributed by atoms with van der Waals surface area (Å²) in [6.07, 6.45) is 9.57. The highest BCUT2D eigenvalue weighted by atomic mass is 32.1. The number of fused-ring (bicyclic) bond motifs is 1. The molecule has 0 saturated carbocycles. The smallest absolute Gasteiger partial charge is 0.162 e. The van der Waals surface area contributed by atoms with Crippen LogP contribution < -0.4 is 5.32 Å². The van der Waals surface area contributed by atoms with Crippen LogP contribution in [0.3, 0.4) is 0 Å². The largest absolute Gasteiger partial charge is 0.369 e. The number of thiophene rings is 1. The van der Waals surface area contributed by atoms with E-state index in [1.165, 1.54) is 11.1 Å². The van der Waals surface area contributed by atoms with Crippen LogP contribution in [-0.2, 0) is 6.42 Å². The Morgan fingerprint density at radius 3 is 2.74 bits per heavy atom. The predicted molar refractivity (Wildman–Crippen MR) is 128 cm³/mol. The van der Waals surface area contributed by atoms with E-state index in [0.29, 0.717) is 5.82 Å². The number of pyridine rings is 1. The van der Waals surface area contributed by atoms with E-state index < -0.39 is 0 Å². The molecule has 6 heteroatoms. The number of rotatable bonds is 7. The van der Waals surface area contributed by atoms with Gasteiger partial charge in [-0.05, 0) is 43.5 Å². The average Bonchev–Trinajstić information content (AvgIpc) is 3.47. The highest BCUT2D eigenvalue weighted by Gasteiger charge is 2.16. The van der Waals surface area contributed by atoms with Crippen molar-refractivity contribution in [2.45, 2.75) is 19.8 Å². The fraction of sp³-hybridized carbons (Fsp3) is 0.160. The first-order valence-electron chi connectivity index (χ1n) is 10.4. The normalized spacial score (nSPS) is 11.1. The summed E-state index contributed by atoms with van der Waals surface area (Å²) in [7, 11) is 0. The first kappa shape index (κ1) is 19.5. The third-order valence-corrected chi connectivity index (χ3v) is 6.26. The van der Waals surface area contributed by atoms with E-state index in [1.54, 1.807) is 23.7 Å². The van der Waals surface area contributed by atoms with Crippen molar-refractivity contribution >= 4 is 27.4 Å². The zero-order valence-corrected chi connectivity index (χ0v) is 18.1. The number of benzene rings is 1. The van der Waals surface area contributed by atoms with Gasteiger partial charge < -0.3 is 10.3 Å². The lowest BCUT2D eigenvalue weighted by molar-refractivity contribution is 0.859. The maximum Gasteiger partial charge on any atom is 0.162 e. The molecule has 0 saturated heterocycles. The number of aryl methyl sites for hydroxylation is 2. The molecule has 0 unspecified atom stereocenters. The Morgan fingerprint density at radius 2 is 1.94 bits per heavy atom. The van der Waals surface area contributed by atoms with Gasteiger partial charge in [0.25, 0.3) is 0 Å². The molecule has 0 radical (unpaired) electrons. The van der Waals surface area contributed by atoms with Crippen molar-refractivity contribution in [3.05, 3.63) is 83.8 Å². The molecule has 0 aliphatic rings. The molecule has 2 N–H and O–H groups in total. The molecule has 0 aliphatic carbocycles. The van der Waals surface area contributed by atoms with Crippen molar-refractivity contribution in [2.75, 3.05) is 11.9 Å². The van der Waals surface area contributed by atoms with Crippen molar-refractivity contribution in [3.63, 3.8) is 0 Å². The maximum absolute atomic E-state index is 4.93. The Balaban J connectivity index is 1.44. The highest BCUT2D eigenvalue weighted by molar-refractivity contribution is 7.18. The number of aromatic amines is 1. The Hall–Kier alpha value is -3.51. The third-order valence-electron chi connectivity index (χ3n) is 5.28. The summed E-state index contributed by atoms with van der Waals surface area (Å²) in [4.78, 5) is 17.1. The molecule has 5 aromatic rings. The van der Waals surface area contributed by atoms with Gasteiger partial charge in [-0.25, -0.2) is 9.97 Å². The predicted octanol–water partition coefficient (Wildman–Crippen LogP) is 6.10. The number of anilines is 1. The summed E-state index contributed by atoms with van der Waals surface area (Å²) < 4.78 is 1.09. The molecule has 31 heavy (non-hydrogen) atoms. The lowest BCUT2D eigenvalue weighted by Crippen LogP contribution is -2.06. The standard InChI is InChI=1S/C25H23N5S/c1-17-4-2-5-18(14-17)6-3-10-28-25-23-22(21(16-31-23)20-9-13-27-15-20)29-24(30-25)19-7-11-26-12-8-19/h2,4-5,7-9,11-16,27H,3,6,10H2,1H3,(H,28,29,30). The van der Waals surface area contributed by atoms with E-state index in [4.69, 9.17) is 9.97 Å². The number of hydrogen-bond donors (Lipinski definition) is 2.